The summed E-state index contributed by atoms with van der Waals surface area (Å²) in [5, 5.41) is 19.9. The number of unbranched alkanes of at least 4 members (excludes halogenated alkanes) is 1. The maximum absolute atomic E-state index is 16.1. The lowest BCUT2D eigenvalue weighted by molar-refractivity contribution is -0.179. The molecule has 0 aromatic carbocycles. The van der Waals surface area contributed by atoms with Crippen LogP contribution in [0.1, 0.15) is 74.1 Å². The molecule has 2 aromatic heterocycles. The van der Waals surface area contributed by atoms with Gasteiger partial charge in [0.15, 0.2) is 11.4 Å². The molecule has 4 rings (SSSR count). The number of Topliss-reactive ketones (excluding diaryl/α,β-unsaturated/α-hetero) is 1. The molecular weight excluding hydrogens is 620 g/mol. The van der Waals surface area contributed by atoms with E-state index in [0.29, 0.717) is 50.3 Å². The first-order chi connectivity index (χ1) is 22.6. The number of esters is 1. The Hall–Kier alpha value is -3.46. The van der Waals surface area contributed by atoms with Crippen molar-refractivity contribution in [2.24, 2.45) is 11.8 Å². The second-order valence-electron chi connectivity index (χ2n) is 13.9. The quantitative estimate of drug-likeness (QED) is 0.190. The molecule has 2 aliphatic heterocycles. The average Bonchev–Trinajstić information content (AvgIpc) is 3.64. The number of alkyl halides is 1. The number of methoxy groups -OCH3 is 1. The Kier molecular flexibility index (Phi) is 11.7. The molecule has 0 aliphatic carbocycles. The van der Waals surface area contributed by atoms with Crippen LogP contribution in [0, 0.1) is 11.8 Å². The number of hydrogen-bond acceptors (Lipinski definition) is 11. The van der Waals surface area contributed by atoms with Crippen LogP contribution in [0.15, 0.2) is 24.5 Å². The number of fused-ring (bicyclic) bond motifs is 1. The summed E-state index contributed by atoms with van der Waals surface area (Å²) in [4.78, 5) is 42.1. The van der Waals surface area contributed by atoms with Crippen molar-refractivity contribution >= 4 is 25.7 Å². The van der Waals surface area contributed by atoms with Crippen LogP contribution in [0.2, 0.25) is 5.82 Å². The first-order valence-corrected chi connectivity index (χ1v) is 16.7. The van der Waals surface area contributed by atoms with Gasteiger partial charge in [-0.05, 0) is 83.8 Å². The SMILES string of the molecule is [B][C@@H]1[C@H](C)C(=O)[C@](C)(F)C(=O)O[C@H](CC)[C@@]2(C)OC(=O)N(CCCCn3cc(-c4cccnn4)nn3)[C@@H]2[C@@H](C)NC[C@H](C)C[C@@]1(C)OC. The Balaban J connectivity index is 1.57. The van der Waals surface area contributed by atoms with Crippen LogP contribution in [0.3, 0.4) is 0 Å². The van der Waals surface area contributed by atoms with Crippen LogP contribution in [-0.2, 0) is 30.3 Å². The van der Waals surface area contributed by atoms with Crippen molar-refractivity contribution in [3.8, 4) is 11.4 Å². The van der Waals surface area contributed by atoms with Gasteiger partial charge in [-0.1, -0.05) is 26.0 Å². The van der Waals surface area contributed by atoms with Crippen molar-refractivity contribution in [3.63, 3.8) is 0 Å². The molecule has 2 radical (unpaired) electrons. The van der Waals surface area contributed by atoms with E-state index in [1.807, 2.05) is 13.8 Å². The van der Waals surface area contributed by atoms with Crippen molar-refractivity contribution in [2.45, 2.75) is 122 Å². The third kappa shape index (κ3) is 7.56. The second-order valence-corrected chi connectivity index (χ2v) is 13.9. The van der Waals surface area contributed by atoms with Crippen molar-refractivity contribution in [3.05, 3.63) is 24.5 Å². The highest BCUT2D eigenvalue weighted by Crippen LogP contribution is 2.41. The van der Waals surface area contributed by atoms with Crippen molar-refractivity contribution in [1.29, 1.82) is 0 Å². The monoisotopic (exact) mass is 669 g/mol. The number of nitrogens with one attached hydrogen (secondary N) is 1. The first-order valence-electron chi connectivity index (χ1n) is 16.7. The molecule has 0 unspecified atom stereocenters. The third-order valence-electron chi connectivity index (χ3n) is 10.1. The van der Waals surface area contributed by atoms with E-state index in [0.717, 1.165) is 6.92 Å². The summed E-state index contributed by atoms with van der Waals surface area (Å²) in [6, 6.07) is 2.66. The second kappa shape index (κ2) is 15.0. The topological polar surface area (TPSA) is 151 Å². The molecule has 13 nitrogen and oxygen atoms in total. The predicted octanol–water partition coefficient (Wildman–Crippen LogP) is 3.73. The number of halogens is 1. The number of rotatable bonds is 8. The van der Waals surface area contributed by atoms with Gasteiger partial charge in [0, 0.05) is 38.4 Å². The minimum absolute atomic E-state index is 0.0136. The summed E-state index contributed by atoms with van der Waals surface area (Å²) in [6.45, 7) is 13.1. The minimum Gasteiger partial charge on any atom is -0.455 e. The summed E-state index contributed by atoms with van der Waals surface area (Å²) in [6.07, 6.45) is 3.74. The molecule has 1 amide bonds. The fourth-order valence-electron chi connectivity index (χ4n) is 7.19. The van der Waals surface area contributed by atoms with Crippen LogP contribution in [0.5, 0.6) is 0 Å². The molecule has 9 atom stereocenters. The maximum Gasteiger partial charge on any atom is 0.410 e. The smallest absolute Gasteiger partial charge is 0.410 e. The number of carbonyl (C=O) groups is 3. The van der Waals surface area contributed by atoms with E-state index in [2.05, 4.69) is 25.8 Å². The first kappa shape index (κ1) is 37.4. The number of carbonyl (C=O) groups excluding carboxylic acids is 3. The Morgan fingerprint density at radius 1 is 1.10 bits per heavy atom. The van der Waals surface area contributed by atoms with Gasteiger partial charge in [0.1, 0.15) is 17.5 Å². The van der Waals surface area contributed by atoms with Gasteiger partial charge in [0.05, 0.1) is 25.7 Å². The summed E-state index contributed by atoms with van der Waals surface area (Å²) >= 11 is 0. The van der Waals surface area contributed by atoms with Crippen molar-refractivity contribution in [1.82, 2.24) is 35.4 Å². The van der Waals surface area contributed by atoms with E-state index < -0.39 is 58.6 Å². The summed E-state index contributed by atoms with van der Waals surface area (Å²) in [7, 11) is 8.04. The fraction of sp³-hybridized carbons (Fsp3) is 0.727. The van der Waals surface area contributed by atoms with Gasteiger partial charge < -0.3 is 19.5 Å². The minimum atomic E-state index is -2.99. The number of aryl methyl sites for hydroxylation is 1. The van der Waals surface area contributed by atoms with E-state index in [1.54, 1.807) is 54.9 Å². The lowest BCUT2D eigenvalue weighted by atomic mass is 9.62. The molecule has 0 saturated carbocycles. The largest absolute Gasteiger partial charge is 0.455 e. The molecule has 15 heteroatoms. The zero-order valence-electron chi connectivity index (χ0n) is 29.3. The molecule has 0 spiro atoms. The number of aromatic nitrogens is 5. The summed E-state index contributed by atoms with van der Waals surface area (Å²) in [5.74, 6) is -4.27. The fourth-order valence-corrected chi connectivity index (χ4v) is 7.19. The van der Waals surface area contributed by atoms with Crippen molar-refractivity contribution in [2.75, 3.05) is 20.2 Å². The van der Waals surface area contributed by atoms with Gasteiger partial charge in [-0.2, -0.15) is 5.10 Å². The van der Waals surface area contributed by atoms with E-state index in [1.165, 1.54) is 14.0 Å². The summed E-state index contributed by atoms with van der Waals surface area (Å²) in [5.41, 5.74) is -4.09. The Morgan fingerprint density at radius 2 is 1.81 bits per heavy atom. The van der Waals surface area contributed by atoms with Gasteiger partial charge >= 0.3 is 12.1 Å². The molecule has 2 fully saturated rings. The molecular formula is C33H49BFN7O6. The van der Waals surface area contributed by atoms with E-state index in [4.69, 9.17) is 22.1 Å². The lowest BCUT2D eigenvalue weighted by Crippen LogP contribution is -2.61. The number of amides is 1. The van der Waals surface area contributed by atoms with Crippen LogP contribution in [-0.4, -0.2) is 111 Å². The Morgan fingerprint density at radius 3 is 2.46 bits per heavy atom. The van der Waals surface area contributed by atoms with Crippen LogP contribution in [0.25, 0.3) is 11.4 Å². The van der Waals surface area contributed by atoms with E-state index >= 15 is 4.39 Å². The molecule has 0 bridgehead atoms. The molecule has 2 aliphatic rings. The normalized spacial score (nSPS) is 35.4. The zero-order chi connectivity index (χ0) is 35.4. The molecule has 48 heavy (non-hydrogen) atoms. The van der Waals surface area contributed by atoms with Crippen LogP contribution in [0.4, 0.5) is 9.18 Å². The molecule has 262 valence electrons. The molecule has 2 aromatic rings. The third-order valence-corrected chi connectivity index (χ3v) is 10.1. The molecule has 1 N–H and O–H groups in total. The maximum atomic E-state index is 16.1. The summed E-state index contributed by atoms with van der Waals surface area (Å²) < 4.78 is 35.5. The highest BCUT2D eigenvalue weighted by atomic mass is 19.1. The lowest BCUT2D eigenvalue weighted by Gasteiger charge is -2.41. The average molecular weight is 670 g/mol. The number of hydrogen-bond donors (Lipinski definition) is 1. The number of ketones is 1. The van der Waals surface area contributed by atoms with Gasteiger partial charge in [-0.15, -0.1) is 10.2 Å². The van der Waals surface area contributed by atoms with Gasteiger partial charge in [-0.25, -0.2) is 14.0 Å². The number of ether oxygens (including phenoxy) is 3. The van der Waals surface area contributed by atoms with Gasteiger partial charge in [0.2, 0.25) is 0 Å². The highest BCUT2D eigenvalue weighted by molar-refractivity contribution is 6.17. The van der Waals surface area contributed by atoms with Crippen molar-refractivity contribution < 1.29 is 33.0 Å². The van der Waals surface area contributed by atoms with Gasteiger partial charge in [0.25, 0.3) is 5.67 Å². The molecule has 4 heterocycles. The van der Waals surface area contributed by atoms with E-state index in [9.17, 15) is 14.4 Å². The van der Waals surface area contributed by atoms with E-state index in [-0.39, 0.29) is 18.4 Å². The predicted molar refractivity (Wildman–Crippen MR) is 176 cm³/mol. The molecule has 2 saturated heterocycles. The number of nitrogens with zero attached hydrogens (tertiary/aromatic N) is 6. The van der Waals surface area contributed by atoms with Crippen LogP contribution >= 0.6 is 0 Å². The standard InChI is InChI=1S/C33H49BFN7O6/c1-9-25-33(7)27(42(30(45)48-33)16-11-10-15-41-19-24(39-40-41)23-13-12-14-37-38-23)22(4)36-18-20(2)17-31(5,46-8)26(34)21(3)28(43)32(6,35)29(44)47-25/h12-14,19-22,25-27,36H,9-11,15-18H2,1-8H3/t20-,21+,22-,25-,26-,27-,31-,32+,33-/m1/s1. The van der Waals surface area contributed by atoms with Crippen LogP contribution < -0.4 is 5.32 Å². The highest BCUT2D eigenvalue weighted by Gasteiger charge is 2.59. The zero-order valence-corrected chi connectivity index (χ0v) is 29.3. The number of cyclic esters (lactones) is 1. The Labute approximate surface area is 283 Å². The Bertz CT molecular complexity index is 1430. The van der Waals surface area contributed by atoms with Gasteiger partial charge in [-0.3, -0.25) is 14.4 Å².